The molecule has 114 valence electrons. The maximum absolute atomic E-state index is 5.70. The lowest BCUT2D eigenvalue weighted by Crippen LogP contribution is -2.45. The van der Waals surface area contributed by atoms with E-state index in [9.17, 15) is 0 Å². The Bertz CT molecular complexity index is 205. The molecule has 0 N–H and O–H groups in total. The van der Waals surface area contributed by atoms with Gasteiger partial charge < -0.3 is 18.9 Å². The first kappa shape index (κ1) is 16.8. The Hall–Kier alpha value is -0.240. The monoisotopic (exact) mass is 277 g/mol. The highest BCUT2D eigenvalue weighted by Crippen LogP contribution is 2.10. The number of rotatable bonds is 11. The minimum atomic E-state index is 0.367. The molecule has 0 spiro atoms. The van der Waals surface area contributed by atoms with Gasteiger partial charge in [0, 0.05) is 13.7 Å². The molecule has 1 atom stereocenters. The molecule has 1 rings (SSSR count). The summed E-state index contributed by atoms with van der Waals surface area (Å²) in [5.74, 6) is 0. The molecule has 1 fully saturated rings. The first-order valence-electron chi connectivity index (χ1n) is 7.00. The molecule has 6 heteroatoms. The molecular formula is C13H27NO5. The summed E-state index contributed by atoms with van der Waals surface area (Å²) in [6.07, 6.45) is 1.04. The summed E-state index contributed by atoms with van der Waals surface area (Å²) in [6.45, 7) is 8.06. The molecule has 0 aromatic heterocycles. The lowest BCUT2D eigenvalue weighted by atomic mass is 10.2. The van der Waals surface area contributed by atoms with Gasteiger partial charge in [0.2, 0.25) is 0 Å². The largest absolute Gasteiger partial charge is 0.382 e. The summed E-state index contributed by atoms with van der Waals surface area (Å²) in [4.78, 5) is 5.70. The quantitative estimate of drug-likeness (QED) is 0.518. The maximum atomic E-state index is 5.70. The standard InChI is InChI=1S/C13H27NO5/c1-3-13-12-18-5-4-14(13)19-11-10-17-9-8-16-7-6-15-2/h13H,3-12H2,1-2H3. The summed E-state index contributed by atoms with van der Waals surface area (Å²) < 4.78 is 21.0. The van der Waals surface area contributed by atoms with E-state index >= 15 is 0 Å². The van der Waals surface area contributed by atoms with Crippen molar-refractivity contribution in [2.24, 2.45) is 0 Å². The predicted molar refractivity (Wildman–Crippen MR) is 71.1 cm³/mol. The molecule has 6 nitrogen and oxygen atoms in total. The maximum Gasteiger partial charge on any atom is 0.0919 e. The van der Waals surface area contributed by atoms with Crippen LogP contribution in [-0.2, 0) is 23.8 Å². The summed E-state index contributed by atoms with van der Waals surface area (Å²) in [7, 11) is 1.66. The Kier molecular flexibility index (Phi) is 10.2. The van der Waals surface area contributed by atoms with Crippen molar-refractivity contribution >= 4 is 0 Å². The molecular weight excluding hydrogens is 250 g/mol. The summed E-state index contributed by atoms with van der Waals surface area (Å²) >= 11 is 0. The highest BCUT2D eigenvalue weighted by atomic mass is 16.7. The van der Waals surface area contributed by atoms with Gasteiger partial charge in [0.1, 0.15) is 0 Å². The van der Waals surface area contributed by atoms with Gasteiger partial charge >= 0.3 is 0 Å². The van der Waals surface area contributed by atoms with Crippen LogP contribution in [0.4, 0.5) is 0 Å². The molecule has 0 radical (unpaired) electrons. The van der Waals surface area contributed by atoms with Crippen molar-refractivity contribution in [1.82, 2.24) is 5.06 Å². The van der Waals surface area contributed by atoms with Crippen LogP contribution in [-0.4, -0.2) is 77.6 Å². The van der Waals surface area contributed by atoms with Gasteiger partial charge in [0.25, 0.3) is 0 Å². The van der Waals surface area contributed by atoms with Gasteiger partial charge in [0.05, 0.1) is 58.9 Å². The van der Waals surface area contributed by atoms with Crippen LogP contribution in [0.1, 0.15) is 13.3 Å². The molecule has 19 heavy (non-hydrogen) atoms. The van der Waals surface area contributed by atoms with Crippen LogP contribution >= 0.6 is 0 Å². The number of nitrogens with zero attached hydrogens (tertiary/aromatic N) is 1. The van der Waals surface area contributed by atoms with Crippen LogP contribution < -0.4 is 0 Å². The SMILES string of the molecule is CCC1COCCN1OCCOCCOCCOC. The van der Waals surface area contributed by atoms with Gasteiger partial charge in [-0.2, -0.15) is 5.06 Å². The molecule has 1 aliphatic rings. The van der Waals surface area contributed by atoms with Gasteiger partial charge in [-0.15, -0.1) is 0 Å². The Balaban J connectivity index is 1.89. The van der Waals surface area contributed by atoms with Crippen molar-refractivity contribution in [3.05, 3.63) is 0 Å². The smallest absolute Gasteiger partial charge is 0.0919 e. The second-order valence-electron chi connectivity index (χ2n) is 4.33. The number of hydrogen-bond acceptors (Lipinski definition) is 6. The number of hydrogen-bond donors (Lipinski definition) is 0. The highest BCUT2D eigenvalue weighted by Gasteiger charge is 2.21. The van der Waals surface area contributed by atoms with Crippen LogP contribution in [0.2, 0.25) is 0 Å². The van der Waals surface area contributed by atoms with Crippen LogP contribution in [0, 0.1) is 0 Å². The lowest BCUT2D eigenvalue weighted by Gasteiger charge is -2.33. The van der Waals surface area contributed by atoms with Crippen molar-refractivity contribution in [1.29, 1.82) is 0 Å². The topological polar surface area (TPSA) is 49.4 Å². The van der Waals surface area contributed by atoms with Crippen LogP contribution in [0.15, 0.2) is 0 Å². The second-order valence-corrected chi connectivity index (χ2v) is 4.33. The summed E-state index contributed by atoms with van der Waals surface area (Å²) in [5, 5.41) is 2.02. The lowest BCUT2D eigenvalue weighted by molar-refractivity contribution is -0.231. The highest BCUT2D eigenvalue weighted by molar-refractivity contribution is 4.67. The molecule has 1 unspecified atom stereocenters. The third-order valence-electron chi connectivity index (χ3n) is 2.93. The zero-order valence-electron chi connectivity index (χ0n) is 12.1. The average Bonchev–Trinajstić information content (AvgIpc) is 2.46. The van der Waals surface area contributed by atoms with Gasteiger partial charge in [-0.05, 0) is 6.42 Å². The van der Waals surface area contributed by atoms with Gasteiger partial charge in [0.15, 0.2) is 0 Å². The minimum absolute atomic E-state index is 0.367. The molecule has 1 aliphatic heterocycles. The first-order chi connectivity index (χ1) is 9.38. The van der Waals surface area contributed by atoms with E-state index < -0.39 is 0 Å². The fraction of sp³-hybridized carbons (Fsp3) is 1.00. The molecule has 0 aliphatic carbocycles. The third kappa shape index (κ3) is 7.81. The Morgan fingerprint density at radius 3 is 2.42 bits per heavy atom. The zero-order valence-corrected chi connectivity index (χ0v) is 12.1. The Labute approximate surface area is 115 Å². The molecule has 0 amide bonds. The van der Waals surface area contributed by atoms with Crippen molar-refractivity contribution in [3.8, 4) is 0 Å². The van der Waals surface area contributed by atoms with E-state index in [2.05, 4.69) is 6.92 Å². The van der Waals surface area contributed by atoms with Crippen molar-refractivity contribution in [2.45, 2.75) is 19.4 Å². The van der Waals surface area contributed by atoms with E-state index in [0.717, 1.165) is 26.2 Å². The van der Waals surface area contributed by atoms with Crippen LogP contribution in [0.3, 0.4) is 0 Å². The molecule has 0 aromatic rings. The van der Waals surface area contributed by atoms with Crippen molar-refractivity contribution in [2.75, 3.05) is 66.5 Å². The number of hydroxylamine groups is 2. The predicted octanol–water partition coefficient (Wildman–Crippen LogP) is 0.708. The van der Waals surface area contributed by atoms with Crippen LogP contribution in [0.5, 0.6) is 0 Å². The van der Waals surface area contributed by atoms with E-state index in [0.29, 0.717) is 45.7 Å². The van der Waals surface area contributed by atoms with Crippen molar-refractivity contribution in [3.63, 3.8) is 0 Å². The molecule has 0 aromatic carbocycles. The first-order valence-corrected chi connectivity index (χ1v) is 7.00. The van der Waals surface area contributed by atoms with E-state index in [4.69, 9.17) is 23.8 Å². The molecule has 1 saturated heterocycles. The van der Waals surface area contributed by atoms with E-state index in [-0.39, 0.29) is 0 Å². The van der Waals surface area contributed by atoms with Crippen LogP contribution in [0.25, 0.3) is 0 Å². The average molecular weight is 277 g/mol. The zero-order chi connectivity index (χ0) is 13.8. The second kappa shape index (κ2) is 11.6. The van der Waals surface area contributed by atoms with Gasteiger partial charge in [-0.1, -0.05) is 6.92 Å². The van der Waals surface area contributed by atoms with E-state index in [1.165, 1.54) is 0 Å². The normalized spacial score (nSPS) is 20.8. The fourth-order valence-electron chi connectivity index (χ4n) is 1.81. The fourth-order valence-corrected chi connectivity index (χ4v) is 1.81. The number of ether oxygens (including phenoxy) is 4. The number of methoxy groups -OCH3 is 1. The summed E-state index contributed by atoms with van der Waals surface area (Å²) in [6, 6.07) is 0.367. The minimum Gasteiger partial charge on any atom is -0.382 e. The van der Waals surface area contributed by atoms with E-state index in [1.807, 2.05) is 5.06 Å². The van der Waals surface area contributed by atoms with Gasteiger partial charge in [-0.3, -0.25) is 4.84 Å². The Morgan fingerprint density at radius 1 is 1.05 bits per heavy atom. The number of morpholine rings is 1. The summed E-state index contributed by atoms with van der Waals surface area (Å²) in [5.41, 5.74) is 0. The van der Waals surface area contributed by atoms with Crippen molar-refractivity contribution < 1.29 is 23.8 Å². The van der Waals surface area contributed by atoms with Gasteiger partial charge in [-0.25, -0.2) is 0 Å². The molecule has 0 saturated carbocycles. The third-order valence-corrected chi connectivity index (χ3v) is 2.93. The molecule has 0 bridgehead atoms. The molecule has 1 heterocycles. The Morgan fingerprint density at radius 2 is 1.74 bits per heavy atom. The van der Waals surface area contributed by atoms with E-state index in [1.54, 1.807) is 7.11 Å².